The first-order valence-electron chi connectivity index (χ1n) is 9.13. The number of benzene rings is 2. The van der Waals surface area contributed by atoms with Crippen LogP contribution >= 0.6 is 0 Å². The van der Waals surface area contributed by atoms with Crippen LogP contribution in [0.3, 0.4) is 0 Å². The second-order valence-corrected chi connectivity index (χ2v) is 10.1. The zero-order chi connectivity index (χ0) is 20.7. The highest BCUT2D eigenvalue weighted by Gasteiger charge is 2.34. The Hall–Kier alpha value is -2.38. The van der Waals surface area contributed by atoms with Gasteiger partial charge in [-0.25, -0.2) is 12.7 Å². The number of fused-ring (bicyclic) bond motifs is 1. The van der Waals surface area contributed by atoms with Crippen LogP contribution < -0.4 is 10.1 Å². The third-order valence-electron chi connectivity index (χ3n) is 4.80. The number of nitrogens with zero attached hydrogens (tertiary/aromatic N) is 1. The molecule has 1 aliphatic rings. The maximum Gasteiger partial charge on any atom is 0.251 e. The SMILES string of the molecule is Cc1ccc2c(c1)C(NC(=O)c1cccc(S(=O)(=O)N(C)C)c1)CC(C)(C)O2. The van der Waals surface area contributed by atoms with E-state index in [1.54, 1.807) is 12.1 Å². The molecule has 28 heavy (non-hydrogen) atoms. The third-order valence-corrected chi connectivity index (χ3v) is 6.61. The molecule has 0 saturated carbocycles. The number of aryl methyl sites for hydroxylation is 1. The molecule has 1 heterocycles. The normalized spacial score (nSPS) is 18.3. The molecule has 3 rings (SSSR count). The van der Waals surface area contributed by atoms with Crippen molar-refractivity contribution in [2.75, 3.05) is 14.1 Å². The van der Waals surface area contributed by atoms with Crippen LogP contribution in [-0.4, -0.2) is 38.3 Å². The van der Waals surface area contributed by atoms with Crippen molar-refractivity contribution in [3.63, 3.8) is 0 Å². The van der Waals surface area contributed by atoms with Crippen LogP contribution in [0.1, 0.15) is 47.8 Å². The average Bonchev–Trinajstić information content (AvgIpc) is 2.61. The van der Waals surface area contributed by atoms with Gasteiger partial charge in [0.05, 0.1) is 10.9 Å². The number of hydrogen-bond donors (Lipinski definition) is 1. The third kappa shape index (κ3) is 4.05. The largest absolute Gasteiger partial charge is 0.487 e. The quantitative estimate of drug-likeness (QED) is 0.852. The zero-order valence-electron chi connectivity index (χ0n) is 16.8. The first-order chi connectivity index (χ1) is 13.0. The summed E-state index contributed by atoms with van der Waals surface area (Å²) >= 11 is 0. The molecule has 6 nitrogen and oxygen atoms in total. The molecule has 0 radical (unpaired) electrons. The molecule has 0 fully saturated rings. The smallest absolute Gasteiger partial charge is 0.251 e. The molecule has 2 aromatic carbocycles. The molecule has 0 spiro atoms. The van der Waals surface area contributed by atoms with Gasteiger partial charge in [0.2, 0.25) is 10.0 Å². The molecule has 150 valence electrons. The lowest BCUT2D eigenvalue weighted by Gasteiger charge is -2.38. The van der Waals surface area contributed by atoms with Gasteiger partial charge in [0.1, 0.15) is 11.4 Å². The van der Waals surface area contributed by atoms with Crippen molar-refractivity contribution >= 4 is 15.9 Å². The average molecular weight is 403 g/mol. The Bertz CT molecular complexity index is 1010. The number of carbonyl (C=O) groups excluding carboxylic acids is 1. The van der Waals surface area contributed by atoms with Crippen molar-refractivity contribution in [3.05, 3.63) is 59.2 Å². The lowest BCUT2D eigenvalue weighted by atomic mass is 9.88. The molecule has 0 saturated heterocycles. The van der Waals surface area contributed by atoms with Crippen LogP contribution in [0, 0.1) is 6.92 Å². The Kier molecular flexibility index (Phi) is 5.25. The summed E-state index contributed by atoms with van der Waals surface area (Å²) < 4.78 is 31.9. The maximum atomic E-state index is 12.9. The van der Waals surface area contributed by atoms with Gasteiger partial charge in [0.25, 0.3) is 5.91 Å². The Morgan fingerprint density at radius 1 is 1.18 bits per heavy atom. The van der Waals surface area contributed by atoms with Crippen LogP contribution in [0.5, 0.6) is 5.75 Å². The summed E-state index contributed by atoms with van der Waals surface area (Å²) in [6.07, 6.45) is 0.616. The lowest BCUT2D eigenvalue weighted by molar-refractivity contribution is 0.0619. The molecule has 1 N–H and O–H groups in total. The number of rotatable bonds is 4. The summed E-state index contributed by atoms with van der Waals surface area (Å²) in [6, 6.07) is 11.8. The van der Waals surface area contributed by atoms with Gasteiger partial charge in [0, 0.05) is 31.6 Å². The minimum Gasteiger partial charge on any atom is -0.487 e. The number of amides is 1. The predicted octanol–water partition coefficient (Wildman–Crippen LogP) is 3.28. The first kappa shape index (κ1) is 20.4. The summed E-state index contributed by atoms with van der Waals surface area (Å²) in [4.78, 5) is 13.0. The van der Waals surface area contributed by atoms with Gasteiger partial charge in [-0.05, 0) is 45.0 Å². The van der Waals surface area contributed by atoms with Crippen LogP contribution in [0.15, 0.2) is 47.4 Å². The standard InChI is InChI=1S/C21H26N2O4S/c1-14-9-10-19-17(11-14)18(13-21(2,3)27-19)22-20(24)15-7-6-8-16(12-15)28(25,26)23(4)5/h6-12,18H,13H2,1-5H3,(H,22,24). The molecule has 2 aromatic rings. The Labute approximate surface area is 166 Å². The van der Waals surface area contributed by atoms with Crippen LogP contribution in [-0.2, 0) is 10.0 Å². The molecule has 1 aliphatic heterocycles. The highest BCUT2D eigenvalue weighted by Crippen LogP contribution is 2.40. The fraction of sp³-hybridized carbons (Fsp3) is 0.381. The number of hydrogen-bond acceptors (Lipinski definition) is 4. The summed E-state index contributed by atoms with van der Waals surface area (Å²) in [5.41, 5.74) is 1.91. The van der Waals surface area contributed by atoms with Crippen molar-refractivity contribution in [2.24, 2.45) is 0 Å². The molecule has 0 aromatic heterocycles. The summed E-state index contributed by atoms with van der Waals surface area (Å²) in [7, 11) is -0.678. The van der Waals surface area contributed by atoms with Gasteiger partial charge < -0.3 is 10.1 Å². The number of ether oxygens (including phenoxy) is 1. The minimum absolute atomic E-state index is 0.0914. The van der Waals surface area contributed by atoms with Crippen molar-refractivity contribution in [2.45, 2.75) is 43.7 Å². The molecular formula is C21H26N2O4S. The van der Waals surface area contributed by atoms with Crippen molar-refractivity contribution in [3.8, 4) is 5.75 Å². The van der Waals surface area contributed by atoms with E-state index in [9.17, 15) is 13.2 Å². The van der Waals surface area contributed by atoms with Gasteiger partial charge in [0.15, 0.2) is 0 Å². The monoisotopic (exact) mass is 402 g/mol. The van der Waals surface area contributed by atoms with E-state index in [2.05, 4.69) is 5.32 Å². The second-order valence-electron chi connectivity index (χ2n) is 7.95. The minimum atomic E-state index is -3.61. The number of sulfonamides is 1. The van der Waals surface area contributed by atoms with Crippen molar-refractivity contribution < 1.29 is 17.9 Å². The van der Waals surface area contributed by atoms with E-state index < -0.39 is 15.6 Å². The fourth-order valence-corrected chi connectivity index (χ4v) is 4.30. The van der Waals surface area contributed by atoms with E-state index in [0.29, 0.717) is 12.0 Å². The highest BCUT2D eigenvalue weighted by molar-refractivity contribution is 7.89. The molecular weight excluding hydrogens is 376 g/mol. The van der Waals surface area contributed by atoms with Gasteiger partial charge in [-0.1, -0.05) is 23.8 Å². The summed E-state index contributed by atoms with van der Waals surface area (Å²) in [5, 5.41) is 3.05. The molecule has 7 heteroatoms. The number of nitrogens with one attached hydrogen (secondary N) is 1. The first-order valence-corrected chi connectivity index (χ1v) is 10.6. The lowest BCUT2D eigenvalue weighted by Crippen LogP contribution is -2.41. The topological polar surface area (TPSA) is 75.7 Å². The summed E-state index contributed by atoms with van der Waals surface area (Å²) in [5.74, 6) is 0.446. The Morgan fingerprint density at radius 2 is 1.89 bits per heavy atom. The highest BCUT2D eigenvalue weighted by atomic mass is 32.2. The summed E-state index contributed by atoms with van der Waals surface area (Å²) in [6.45, 7) is 5.97. The van der Waals surface area contributed by atoms with E-state index in [4.69, 9.17) is 4.74 Å². The van der Waals surface area contributed by atoms with Gasteiger partial charge in [-0.15, -0.1) is 0 Å². The van der Waals surface area contributed by atoms with Gasteiger partial charge >= 0.3 is 0 Å². The zero-order valence-corrected chi connectivity index (χ0v) is 17.6. The van der Waals surface area contributed by atoms with Crippen LogP contribution in [0.4, 0.5) is 0 Å². The molecule has 0 bridgehead atoms. The van der Waals surface area contributed by atoms with E-state index in [-0.39, 0.29) is 16.8 Å². The van der Waals surface area contributed by atoms with Gasteiger partial charge in [-0.3, -0.25) is 4.79 Å². The van der Waals surface area contributed by atoms with E-state index in [0.717, 1.165) is 21.2 Å². The number of carbonyl (C=O) groups is 1. The fourth-order valence-electron chi connectivity index (χ4n) is 3.35. The second kappa shape index (κ2) is 7.22. The van der Waals surface area contributed by atoms with E-state index in [1.807, 2.05) is 39.0 Å². The van der Waals surface area contributed by atoms with Crippen molar-refractivity contribution in [1.29, 1.82) is 0 Å². The molecule has 1 unspecified atom stereocenters. The van der Waals surface area contributed by atoms with E-state index in [1.165, 1.54) is 26.2 Å². The molecule has 1 atom stereocenters. The molecule has 0 aliphatic carbocycles. The van der Waals surface area contributed by atoms with Crippen molar-refractivity contribution in [1.82, 2.24) is 9.62 Å². The Morgan fingerprint density at radius 3 is 2.57 bits per heavy atom. The Balaban J connectivity index is 1.91. The van der Waals surface area contributed by atoms with Crippen LogP contribution in [0.25, 0.3) is 0 Å². The predicted molar refractivity (Wildman–Crippen MR) is 108 cm³/mol. The van der Waals surface area contributed by atoms with Gasteiger partial charge in [-0.2, -0.15) is 0 Å². The van der Waals surface area contributed by atoms with Crippen LogP contribution in [0.2, 0.25) is 0 Å². The molecule has 1 amide bonds. The van der Waals surface area contributed by atoms with E-state index >= 15 is 0 Å². The maximum absolute atomic E-state index is 12.9.